The highest BCUT2D eigenvalue weighted by molar-refractivity contribution is 5.94. The number of amides is 1. The molecule has 9 heteroatoms. The molecule has 0 saturated carbocycles. The lowest BCUT2D eigenvalue weighted by atomic mass is 10.0. The summed E-state index contributed by atoms with van der Waals surface area (Å²) in [5.74, 6) is 0.273. The molecular formula is C26H24F3N5O. The van der Waals surface area contributed by atoms with Gasteiger partial charge in [-0.1, -0.05) is 24.3 Å². The summed E-state index contributed by atoms with van der Waals surface area (Å²) < 4.78 is 41.6. The van der Waals surface area contributed by atoms with Gasteiger partial charge in [-0.2, -0.15) is 13.2 Å². The number of aromatic amines is 1. The lowest BCUT2D eigenvalue weighted by Gasteiger charge is -2.17. The van der Waals surface area contributed by atoms with Gasteiger partial charge in [0.15, 0.2) is 0 Å². The van der Waals surface area contributed by atoms with Gasteiger partial charge < -0.3 is 10.3 Å². The molecule has 0 spiro atoms. The van der Waals surface area contributed by atoms with E-state index in [4.69, 9.17) is 0 Å². The van der Waals surface area contributed by atoms with Gasteiger partial charge in [0.25, 0.3) is 0 Å². The summed E-state index contributed by atoms with van der Waals surface area (Å²) in [7, 11) is 0. The number of H-pyrrole nitrogens is 1. The van der Waals surface area contributed by atoms with Crippen molar-refractivity contribution in [2.24, 2.45) is 0 Å². The van der Waals surface area contributed by atoms with E-state index in [9.17, 15) is 18.0 Å². The van der Waals surface area contributed by atoms with E-state index in [0.29, 0.717) is 29.0 Å². The summed E-state index contributed by atoms with van der Waals surface area (Å²) in [6.45, 7) is 2.50. The van der Waals surface area contributed by atoms with E-state index in [0.717, 1.165) is 37.6 Å². The fraction of sp³-hybridized carbons (Fsp3) is 0.269. The Labute approximate surface area is 200 Å². The van der Waals surface area contributed by atoms with Gasteiger partial charge in [-0.15, -0.1) is 0 Å². The largest absolute Gasteiger partial charge is 0.417 e. The van der Waals surface area contributed by atoms with Gasteiger partial charge in [-0.05, 0) is 67.4 Å². The molecule has 1 fully saturated rings. The van der Waals surface area contributed by atoms with Crippen LogP contribution in [0.4, 0.5) is 19.0 Å². The summed E-state index contributed by atoms with van der Waals surface area (Å²) in [6.07, 6.45) is -0.723. The third-order valence-corrected chi connectivity index (χ3v) is 6.13. The van der Waals surface area contributed by atoms with Crippen molar-refractivity contribution in [3.8, 4) is 11.4 Å². The SMILES string of the molecule is O=C(Cc1cccc2[nH]c(-c3cc(CN4CCCC4)ccc3C(F)(F)F)nc12)Nc1ccccn1. The Morgan fingerprint density at radius 3 is 2.63 bits per heavy atom. The number of carbonyl (C=O) groups is 1. The van der Waals surface area contributed by atoms with Gasteiger partial charge in [-0.3, -0.25) is 9.69 Å². The summed E-state index contributed by atoms with van der Waals surface area (Å²) in [6, 6.07) is 14.7. The average Bonchev–Trinajstić information content (AvgIpc) is 3.49. The highest BCUT2D eigenvalue weighted by atomic mass is 19.4. The van der Waals surface area contributed by atoms with Crippen molar-refractivity contribution in [3.05, 3.63) is 77.5 Å². The quantitative estimate of drug-likeness (QED) is 0.387. The topological polar surface area (TPSA) is 73.9 Å². The van der Waals surface area contributed by atoms with Gasteiger partial charge in [0.2, 0.25) is 5.91 Å². The summed E-state index contributed by atoms with van der Waals surface area (Å²) >= 11 is 0. The smallest absolute Gasteiger partial charge is 0.338 e. The summed E-state index contributed by atoms with van der Waals surface area (Å²) in [5, 5.41) is 2.72. The minimum Gasteiger partial charge on any atom is -0.338 e. The number of benzene rings is 2. The van der Waals surface area contributed by atoms with E-state index in [-0.39, 0.29) is 23.7 Å². The van der Waals surface area contributed by atoms with Crippen molar-refractivity contribution in [2.75, 3.05) is 18.4 Å². The lowest BCUT2D eigenvalue weighted by Crippen LogP contribution is -2.18. The van der Waals surface area contributed by atoms with Crippen molar-refractivity contribution in [1.82, 2.24) is 19.9 Å². The molecule has 1 aliphatic rings. The van der Waals surface area contributed by atoms with Crippen LogP contribution in [0.5, 0.6) is 0 Å². The van der Waals surface area contributed by atoms with Crippen molar-refractivity contribution in [2.45, 2.75) is 32.0 Å². The second kappa shape index (κ2) is 9.50. The first-order valence-electron chi connectivity index (χ1n) is 11.5. The Morgan fingerprint density at radius 2 is 1.89 bits per heavy atom. The van der Waals surface area contributed by atoms with Gasteiger partial charge >= 0.3 is 6.18 Å². The van der Waals surface area contributed by atoms with Crippen LogP contribution in [-0.2, 0) is 23.9 Å². The van der Waals surface area contributed by atoms with Crippen molar-refractivity contribution in [3.63, 3.8) is 0 Å². The molecule has 35 heavy (non-hydrogen) atoms. The maximum absolute atomic E-state index is 13.9. The monoisotopic (exact) mass is 479 g/mol. The fourth-order valence-corrected chi connectivity index (χ4v) is 4.49. The second-order valence-corrected chi connectivity index (χ2v) is 8.70. The van der Waals surface area contributed by atoms with Crippen molar-refractivity contribution >= 4 is 22.8 Å². The molecule has 6 nitrogen and oxygen atoms in total. The zero-order valence-corrected chi connectivity index (χ0v) is 18.9. The van der Waals surface area contributed by atoms with Crippen LogP contribution in [0.1, 0.15) is 29.5 Å². The number of hydrogen-bond acceptors (Lipinski definition) is 4. The maximum Gasteiger partial charge on any atom is 0.417 e. The molecule has 5 rings (SSSR count). The third kappa shape index (κ3) is 5.19. The number of nitrogens with one attached hydrogen (secondary N) is 2. The number of halogens is 3. The van der Waals surface area contributed by atoms with Crippen LogP contribution < -0.4 is 5.32 Å². The van der Waals surface area contributed by atoms with Crippen molar-refractivity contribution in [1.29, 1.82) is 0 Å². The molecular weight excluding hydrogens is 455 g/mol. The highest BCUT2D eigenvalue weighted by Crippen LogP contribution is 2.38. The van der Waals surface area contributed by atoms with Crippen LogP contribution >= 0.6 is 0 Å². The fourth-order valence-electron chi connectivity index (χ4n) is 4.49. The number of nitrogens with zero attached hydrogens (tertiary/aromatic N) is 3. The molecule has 4 aromatic rings. The molecule has 0 aliphatic carbocycles. The van der Waals surface area contributed by atoms with Gasteiger partial charge in [0, 0.05) is 18.3 Å². The number of carbonyl (C=O) groups excluding carboxylic acids is 1. The second-order valence-electron chi connectivity index (χ2n) is 8.70. The number of pyridine rings is 1. The number of rotatable bonds is 6. The molecule has 0 atom stereocenters. The van der Waals surface area contributed by atoms with Gasteiger partial charge in [0.1, 0.15) is 11.6 Å². The van der Waals surface area contributed by atoms with E-state index >= 15 is 0 Å². The average molecular weight is 480 g/mol. The molecule has 2 aromatic heterocycles. The van der Waals surface area contributed by atoms with Crippen LogP contribution in [0.2, 0.25) is 0 Å². The van der Waals surface area contributed by atoms with Crippen LogP contribution in [-0.4, -0.2) is 38.8 Å². The Bertz CT molecular complexity index is 1340. The number of aromatic nitrogens is 3. The molecule has 1 aliphatic heterocycles. The zero-order chi connectivity index (χ0) is 24.4. The number of alkyl halides is 3. The first kappa shape index (κ1) is 23.0. The molecule has 0 radical (unpaired) electrons. The van der Waals surface area contributed by atoms with Gasteiger partial charge in [0.05, 0.1) is 23.0 Å². The number of fused-ring (bicyclic) bond motifs is 1. The van der Waals surface area contributed by atoms with E-state index in [1.807, 2.05) is 0 Å². The first-order chi connectivity index (χ1) is 16.9. The molecule has 0 unspecified atom stereocenters. The predicted molar refractivity (Wildman–Crippen MR) is 128 cm³/mol. The Morgan fingerprint density at radius 1 is 1.06 bits per heavy atom. The predicted octanol–water partition coefficient (Wildman–Crippen LogP) is 5.42. The normalized spacial score (nSPS) is 14.5. The number of likely N-dealkylation sites (tertiary alicyclic amines) is 1. The maximum atomic E-state index is 13.9. The summed E-state index contributed by atoms with van der Waals surface area (Å²) in [4.78, 5) is 26.4. The van der Waals surface area contributed by atoms with Crippen molar-refractivity contribution < 1.29 is 18.0 Å². The number of hydrogen-bond donors (Lipinski definition) is 2. The number of anilines is 1. The van der Waals surface area contributed by atoms with Crippen LogP contribution in [0.25, 0.3) is 22.4 Å². The number of para-hydroxylation sites is 1. The minimum absolute atomic E-state index is 0.00860. The van der Waals surface area contributed by atoms with Crippen LogP contribution in [0.15, 0.2) is 60.8 Å². The number of imidazole rings is 1. The van der Waals surface area contributed by atoms with E-state index < -0.39 is 11.7 Å². The lowest BCUT2D eigenvalue weighted by molar-refractivity contribution is -0.137. The minimum atomic E-state index is -4.52. The molecule has 3 heterocycles. The third-order valence-electron chi connectivity index (χ3n) is 6.13. The Balaban J connectivity index is 1.48. The van der Waals surface area contributed by atoms with E-state index in [1.54, 1.807) is 54.7 Å². The Hall–Kier alpha value is -3.72. The van der Waals surface area contributed by atoms with Gasteiger partial charge in [-0.25, -0.2) is 9.97 Å². The summed E-state index contributed by atoms with van der Waals surface area (Å²) in [5.41, 5.74) is 1.73. The van der Waals surface area contributed by atoms with Crippen LogP contribution in [0, 0.1) is 0 Å². The standard InChI is InChI=1S/C26H24F3N5O/c27-26(28,29)20-10-9-17(16-34-12-3-4-13-34)14-19(20)25-31-21-7-5-6-18(24(21)33-25)15-23(35)32-22-8-1-2-11-30-22/h1-2,5-11,14H,3-4,12-13,15-16H2,(H,31,33)(H,30,32,35). The van der Waals surface area contributed by atoms with Crippen LogP contribution in [0.3, 0.4) is 0 Å². The molecule has 1 amide bonds. The zero-order valence-electron chi connectivity index (χ0n) is 18.9. The molecule has 0 bridgehead atoms. The molecule has 2 aromatic carbocycles. The first-order valence-corrected chi connectivity index (χ1v) is 11.5. The molecule has 2 N–H and O–H groups in total. The highest BCUT2D eigenvalue weighted by Gasteiger charge is 2.34. The van der Waals surface area contributed by atoms with E-state index in [2.05, 4.69) is 25.2 Å². The van der Waals surface area contributed by atoms with E-state index in [1.165, 1.54) is 0 Å². The molecule has 180 valence electrons. The Kier molecular flexibility index (Phi) is 6.25. The molecule has 1 saturated heterocycles.